The Labute approximate surface area is 103 Å². The summed E-state index contributed by atoms with van der Waals surface area (Å²) in [4.78, 5) is 10.7. The van der Waals surface area contributed by atoms with Gasteiger partial charge in [-0.3, -0.25) is 4.79 Å². The minimum Gasteiger partial charge on any atom is -0.507 e. The lowest BCUT2D eigenvalue weighted by atomic mass is 10.2. The van der Waals surface area contributed by atoms with Crippen molar-refractivity contribution in [3.63, 3.8) is 0 Å². The molecule has 0 atom stereocenters. The van der Waals surface area contributed by atoms with Gasteiger partial charge in [-0.25, -0.2) is 0 Å². The van der Waals surface area contributed by atoms with E-state index in [1.807, 2.05) is 0 Å². The van der Waals surface area contributed by atoms with Gasteiger partial charge in [0.15, 0.2) is 6.29 Å². The highest BCUT2D eigenvalue weighted by Crippen LogP contribution is 2.30. The van der Waals surface area contributed by atoms with E-state index in [0.29, 0.717) is 22.8 Å². The van der Waals surface area contributed by atoms with E-state index in [1.165, 1.54) is 12.1 Å². The molecule has 17 heavy (non-hydrogen) atoms. The van der Waals surface area contributed by atoms with Crippen LogP contribution in [0.3, 0.4) is 0 Å². The molecule has 0 bridgehead atoms. The highest BCUT2D eigenvalue weighted by atomic mass is 35.5. The molecule has 0 aromatic heterocycles. The SMILES string of the molecule is O=Cc1cc(Oc2ccccc2Cl)ccc1O. The Kier molecular flexibility index (Phi) is 3.30. The van der Waals surface area contributed by atoms with Crippen molar-refractivity contribution in [1.29, 1.82) is 0 Å². The van der Waals surface area contributed by atoms with E-state index in [2.05, 4.69) is 0 Å². The first kappa shape index (κ1) is 11.5. The number of hydrogen-bond donors (Lipinski definition) is 1. The minimum atomic E-state index is -0.0773. The van der Waals surface area contributed by atoms with Gasteiger partial charge in [-0.1, -0.05) is 23.7 Å². The molecule has 1 N–H and O–H groups in total. The van der Waals surface area contributed by atoms with Crippen molar-refractivity contribution < 1.29 is 14.6 Å². The van der Waals surface area contributed by atoms with E-state index in [1.54, 1.807) is 30.3 Å². The molecule has 0 aliphatic carbocycles. The van der Waals surface area contributed by atoms with Crippen molar-refractivity contribution >= 4 is 17.9 Å². The third kappa shape index (κ3) is 2.57. The maximum absolute atomic E-state index is 10.7. The van der Waals surface area contributed by atoms with Gasteiger partial charge in [0.05, 0.1) is 10.6 Å². The molecule has 2 aromatic rings. The molecule has 0 saturated heterocycles. The van der Waals surface area contributed by atoms with E-state index in [-0.39, 0.29) is 11.3 Å². The van der Waals surface area contributed by atoms with Crippen molar-refractivity contribution in [3.8, 4) is 17.2 Å². The lowest BCUT2D eigenvalue weighted by Gasteiger charge is -2.08. The van der Waals surface area contributed by atoms with Crippen molar-refractivity contribution in [2.24, 2.45) is 0 Å². The van der Waals surface area contributed by atoms with Gasteiger partial charge in [0.1, 0.15) is 17.2 Å². The molecule has 0 fully saturated rings. The molecule has 0 amide bonds. The van der Waals surface area contributed by atoms with Gasteiger partial charge in [0.25, 0.3) is 0 Å². The van der Waals surface area contributed by atoms with Crippen LogP contribution < -0.4 is 4.74 Å². The van der Waals surface area contributed by atoms with Gasteiger partial charge >= 0.3 is 0 Å². The summed E-state index contributed by atoms with van der Waals surface area (Å²) in [7, 11) is 0. The van der Waals surface area contributed by atoms with Gasteiger partial charge in [-0.2, -0.15) is 0 Å². The van der Waals surface area contributed by atoms with Gasteiger partial charge in [-0.15, -0.1) is 0 Å². The zero-order valence-electron chi connectivity index (χ0n) is 8.76. The lowest BCUT2D eigenvalue weighted by Crippen LogP contribution is -1.87. The van der Waals surface area contributed by atoms with E-state index in [0.717, 1.165) is 0 Å². The number of ether oxygens (including phenoxy) is 1. The summed E-state index contributed by atoms with van der Waals surface area (Å²) in [5, 5.41) is 9.82. The Morgan fingerprint density at radius 2 is 1.94 bits per heavy atom. The summed E-state index contributed by atoms with van der Waals surface area (Å²) in [5.41, 5.74) is 0.176. The van der Waals surface area contributed by atoms with Gasteiger partial charge in [0.2, 0.25) is 0 Å². The topological polar surface area (TPSA) is 46.5 Å². The largest absolute Gasteiger partial charge is 0.507 e. The van der Waals surface area contributed by atoms with Crippen molar-refractivity contribution in [2.45, 2.75) is 0 Å². The second kappa shape index (κ2) is 4.89. The van der Waals surface area contributed by atoms with Crippen molar-refractivity contribution in [1.82, 2.24) is 0 Å². The Bertz CT molecular complexity index is 552. The highest BCUT2D eigenvalue weighted by molar-refractivity contribution is 6.32. The molecule has 0 radical (unpaired) electrons. The number of carbonyl (C=O) groups excluding carboxylic acids is 1. The van der Waals surface area contributed by atoms with Crippen LogP contribution in [0.15, 0.2) is 42.5 Å². The number of phenolic OH excluding ortho intramolecular Hbond substituents is 1. The fourth-order valence-electron chi connectivity index (χ4n) is 1.34. The van der Waals surface area contributed by atoms with Crippen LogP contribution in [0.4, 0.5) is 0 Å². The molecular weight excluding hydrogens is 240 g/mol. The Hall–Kier alpha value is -2.00. The lowest BCUT2D eigenvalue weighted by molar-refractivity contribution is 0.112. The maximum Gasteiger partial charge on any atom is 0.153 e. The highest BCUT2D eigenvalue weighted by Gasteiger charge is 2.05. The molecule has 4 heteroatoms. The van der Waals surface area contributed by atoms with E-state index < -0.39 is 0 Å². The summed E-state index contributed by atoms with van der Waals surface area (Å²) < 4.78 is 5.50. The monoisotopic (exact) mass is 248 g/mol. The number of aldehydes is 1. The van der Waals surface area contributed by atoms with Crippen LogP contribution in [-0.2, 0) is 0 Å². The molecule has 3 nitrogen and oxygen atoms in total. The second-order valence-electron chi connectivity index (χ2n) is 3.37. The molecule has 2 rings (SSSR count). The number of phenols is 1. The first-order valence-electron chi connectivity index (χ1n) is 4.91. The van der Waals surface area contributed by atoms with Crippen LogP contribution in [0.1, 0.15) is 10.4 Å². The number of carbonyl (C=O) groups is 1. The van der Waals surface area contributed by atoms with Crippen molar-refractivity contribution in [3.05, 3.63) is 53.1 Å². The Morgan fingerprint density at radius 1 is 1.18 bits per heavy atom. The predicted octanol–water partition coefficient (Wildman–Crippen LogP) is 3.65. The van der Waals surface area contributed by atoms with E-state index >= 15 is 0 Å². The van der Waals surface area contributed by atoms with Crippen LogP contribution >= 0.6 is 11.6 Å². The first-order valence-corrected chi connectivity index (χ1v) is 5.29. The summed E-state index contributed by atoms with van der Waals surface area (Å²) >= 11 is 5.94. The Balaban J connectivity index is 2.31. The zero-order valence-corrected chi connectivity index (χ0v) is 9.52. The van der Waals surface area contributed by atoms with Gasteiger partial charge < -0.3 is 9.84 Å². The third-order valence-corrected chi connectivity index (χ3v) is 2.50. The van der Waals surface area contributed by atoms with Gasteiger partial charge in [-0.05, 0) is 30.3 Å². The first-order chi connectivity index (χ1) is 8.20. The van der Waals surface area contributed by atoms with Gasteiger partial charge in [0, 0.05) is 0 Å². The van der Waals surface area contributed by atoms with Crippen LogP contribution in [0.2, 0.25) is 5.02 Å². The van der Waals surface area contributed by atoms with Crippen LogP contribution in [0.25, 0.3) is 0 Å². The van der Waals surface area contributed by atoms with Crippen LogP contribution in [0.5, 0.6) is 17.2 Å². The van der Waals surface area contributed by atoms with Crippen LogP contribution in [-0.4, -0.2) is 11.4 Å². The fraction of sp³-hybridized carbons (Fsp3) is 0. The Morgan fingerprint density at radius 3 is 2.65 bits per heavy atom. The van der Waals surface area contributed by atoms with Crippen molar-refractivity contribution in [2.75, 3.05) is 0 Å². The average molecular weight is 249 g/mol. The number of rotatable bonds is 3. The number of hydrogen-bond acceptors (Lipinski definition) is 3. The minimum absolute atomic E-state index is 0.0773. The van der Waals surface area contributed by atoms with E-state index in [4.69, 9.17) is 16.3 Å². The summed E-state index contributed by atoms with van der Waals surface area (Å²) in [6.45, 7) is 0. The molecule has 0 heterocycles. The third-order valence-electron chi connectivity index (χ3n) is 2.19. The molecule has 86 valence electrons. The molecule has 0 unspecified atom stereocenters. The predicted molar refractivity (Wildman–Crippen MR) is 65.0 cm³/mol. The van der Waals surface area contributed by atoms with E-state index in [9.17, 15) is 9.90 Å². The molecule has 0 aliphatic rings. The smallest absolute Gasteiger partial charge is 0.153 e. The summed E-state index contributed by atoms with van der Waals surface area (Å²) in [5.74, 6) is 0.862. The quantitative estimate of drug-likeness (QED) is 0.844. The number of para-hydroxylation sites is 1. The molecular formula is C13H9ClO3. The average Bonchev–Trinajstić information content (AvgIpc) is 2.34. The molecule has 2 aromatic carbocycles. The second-order valence-corrected chi connectivity index (χ2v) is 3.78. The maximum atomic E-state index is 10.7. The van der Waals surface area contributed by atoms with Crippen LogP contribution in [0, 0.1) is 0 Å². The summed E-state index contributed by atoms with van der Waals surface area (Å²) in [6.07, 6.45) is 0.564. The summed E-state index contributed by atoms with van der Waals surface area (Å²) in [6, 6.07) is 11.4. The molecule has 0 aliphatic heterocycles. The zero-order chi connectivity index (χ0) is 12.3. The normalized spacial score (nSPS) is 9.94. The standard InChI is InChI=1S/C13H9ClO3/c14-11-3-1-2-4-13(11)17-10-5-6-12(16)9(7-10)8-15/h1-8,16H. The number of benzene rings is 2. The molecule has 0 spiro atoms. The fourth-order valence-corrected chi connectivity index (χ4v) is 1.52. The number of aromatic hydroxyl groups is 1. The number of halogens is 1. The molecule has 0 saturated carbocycles.